The standard InChI is InChI=1S/C14H25NO4/c1-9(2)10(3)7-8-11(12(16)17)15-13(18)19-14(4,5)6/h11H,7-8H2,1-6H3,(H,15,18)(H,16,17). The fourth-order valence-electron chi connectivity index (χ4n) is 1.32. The smallest absolute Gasteiger partial charge is 0.408 e. The van der Waals surface area contributed by atoms with Crippen LogP contribution in [0.3, 0.4) is 0 Å². The molecular weight excluding hydrogens is 246 g/mol. The molecule has 5 nitrogen and oxygen atoms in total. The summed E-state index contributed by atoms with van der Waals surface area (Å²) >= 11 is 0. The van der Waals surface area contributed by atoms with E-state index in [-0.39, 0.29) is 0 Å². The highest BCUT2D eigenvalue weighted by Gasteiger charge is 2.23. The van der Waals surface area contributed by atoms with Gasteiger partial charge in [-0.05, 0) is 54.4 Å². The zero-order valence-electron chi connectivity index (χ0n) is 12.7. The monoisotopic (exact) mass is 271 g/mol. The van der Waals surface area contributed by atoms with Crippen LogP contribution in [0.4, 0.5) is 4.79 Å². The number of hydrogen-bond acceptors (Lipinski definition) is 3. The second-order valence-corrected chi connectivity index (χ2v) is 5.86. The summed E-state index contributed by atoms with van der Waals surface area (Å²) < 4.78 is 5.05. The van der Waals surface area contributed by atoms with E-state index in [1.807, 2.05) is 20.8 Å². The third-order valence-corrected chi connectivity index (χ3v) is 2.65. The zero-order valence-corrected chi connectivity index (χ0v) is 12.7. The van der Waals surface area contributed by atoms with Gasteiger partial charge in [-0.3, -0.25) is 0 Å². The van der Waals surface area contributed by atoms with Crippen LogP contribution in [-0.4, -0.2) is 28.8 Å². The summed E-state index contributed by atoms with van der Waals surface area (Å²) in [6, 6.07) is -0.927. The van der Waals surface area contributed by atoms with Crippen molar-refractivity contribution in [2.75, 3.05) is 0 Å². The van der Waals surface area contributed by atoms with Gasteiger partial charge >= 0.3 is 12.1 Å². The molecule has 5 heteroatoms. The quantitative estimate of drug-likeness (QED) is 0.753. The van der Waals surface area contributed by atoms with Gasteiger partial charge in [-0.2, -0.15) is 0 Å². The Morgan fingerprint density at radius 1 is 1.21 bits per heavy atom. The van der Waals surface area contributed by atoms with Gasteiger partial charge in [0.1, 0.15) is 11.6 Å². The van der Waals surface area contributed by atoms with Crippen LogP contribution in [0.25, 0.3) is 0 Å². The molecule has 0 radical (unpaired) electrons. The van der Waals surface area contributed by atoms with E-state index in [1.54, 1.807) is 20.8 Å². The normalized spacial score (nSPS) is 12.5. The Hall–Kier alpha value is -1.52. The highest BCUT2D eigenvalue weighted by atomic mass is 16.6. The maximum Gasteiger partial charge on any atom is 0.408 e. The topological polar surface area (TPSA) is 75.6 Å². The lowest BCUT2D eigenvalue weighted by Gasteiger charge is -2.22. The van der Waals surface area contributed by atoms with Crippen molar-refractivity contribution in [3.63, 3.8) is 0 Å². The number of carbonyl (C=O) groups excluding carboxylic acids is 1. The predicted molar refractivity (Wildman–Crippen MR) is 74.1 cm³/mol. The second kappa shape index (κ2) is 7.16. The molecule has 0 heterocycles. The Kier molecular flexibility index (Phi) is 6.59. The van der Waals surface area contributed by atoms with Crippen LogP contribution in [0.2, 0.25) is 0 Å². The lowest BCUT2D eigenvalue weighted by molar-refractivity contribution is -0.139. The van der Waals surface area contributed by atoms with Gasteiger partial charge in [-0.1, -0.05) is 11.1 Å². The Bertz CT molecular complexity index is 362. The van der Waals surface area contributed by atoms with Crippen molar-refractivity contribution in [3.8, 4) is 0 Å². The van der Waals surface area contributed by atoms with E-state index in [0.717, 1.165) is 5.57 Å². The van der Waals surface area contributed by atoms with E-state index in [1.165, 1.54) is 5.57 Å². The largest absolute Gasteiger partial charge is 0.480 e. The molecule has 0 aliphatic heterocycles. The van der Waals surface area contributed by atoms with E-state index in [0.29, 0.717) is 12.8 Å². The van der Waals surface area contributed by atoms with Gasteiger partial charge in [0.05, 0.1) is 0 Å². The van der Waals surface area contributed by atoms with Gasteiger partial charge in [-0.25, -0.2) is 9.59 Å². The first kappa shape index (κ1) is 17.5. The first-order valence-electron chi connectivity index (χ1n) is 6.38. The molecule has 1 unspecified atom stereocenters. The fraction of sp³-hybridized carbons (Fsp3) is 0.714. The molecule has 2 N–H and O–H groups in total. The van der Waals surface area contributed by atoms with Crippen LogP contribution >= 0.6 is 0 Å². The fourth-order valence-corrected chi connectivity index (χ4v) is 1.32. The average molecular weight is 271 g/mol. The molecule has 110 valence electrons. The third kappa shape index (κ3) is 8.24. The molecule has 0 spiro atoms. The maximum absolute atomic E-state index is 11.5. The Balaban J connectivity index is 4.48. The molecule has 0 rings (SSSR count). The highest BCUT2D eigenvalue weighted by molar-refractivity contribution is 5.80. The van der Waals surface area contributed by atoms with Crippen LogP contribution in [0.5, 0.6) is 0 Å². The minimum Gasteiger partial charge on any atom is -0.480 e. The summed E-state index contributed by atoms with van der Waals surface area (Å²) in [6.45, 7) is 11.1. The van der Waals surface area contributed by atoms with Gasteiger partial charge in [-0.15, -0.1) is 0 Å². The van der Waals surface area contributed by atoms with Crippen molar-refractivity contribution < 1.29 is 19.4 Å². The number of rotatable bonds is 5. The van der Waals surface area contributed by atoms with Crippen LogP contribution in [0.15, 0.2) is 11.1 Å². The molecule has 0 aliphatic carbocycles. The Morgan fingerprint density at radius 3 is 2.11 bits per heavy atom. The number of aliphatic carboxylic acids is 1. The van der Waals surface area contributed by atoms with Gasteiger partial charge in [0, 0.05) is 0 Å². The molecule has 0 saturated heterocycles. The van der Waals surface area contributed by atoms with Gasteiger partial charge in [0.2, 0.25) is 0 Å². The number of ether oxygens (including phenoxy) is 1. The van der Waals surface area contributed by atoms with E-state index >= 15 is 0 Å². The first-order chi connectivity index (χ1) is 8.53. The molecule has 0 fully saturated rings. The van der Waals surface area contributed by atoms with Crippen molar-refractivity contribution in [2.24, 2.45) is 0 Å². The Morgan fingerprint density at radius 2 is 1.74 bits per heavy atom. The number of carboxylic acids is 1. The minimum absolute atomic E-state index is 0.353. The zero-order chi connectivity index (χ0) is 15.2. The van der Waals surface area contributed by atoms with Gasteiger partial charge in [0.15, 0.2) is 0 Å². The molecule has 0 aromatic carbocycles. The molecule has 0 aromatic heterocycles. The third-order valence-electron chi connectivity index (χ3n) is 2.65. The molecule has 1 amide bonds. The summed E-state index contributed by atoms with van der Waals surface area (Å²) in [6.07, 6.45) is 0.287. The highest BCUT2D eigenvalue weighted by Crippen LogP contribution is 2.12. The number of amides is 1. The van der Waals surface area contributed by atoms with Crippen LogP contribution in [0, 0.1) is 0 Å². The van der Waals surface area contributed by atoms with Crippen LogP contribution in [-0.2, 0) is 9.53 Å². The van der Waals surface area contributed by atoms with Crippen molar-refractivity contribution in [1.29, 1.82) is 0 Å². The molecule has 1 atom stereocenters. The van der Waals surface area contributed by atoms with Gasteiger partial charge in [0.25, 0.3) is 0 Å². The SMILES string of the molecule is CC(C)=C(C)CCC(NC(=O)OC(C)(C)C)C(=O)O. The van der Waals surface area contributed by atoms with Crippen molar-refractivity contribution >= 4 is 12.1 Å². The molecular formula is C14H25NO4. The maximum atomic E-state index is 11.5. The Labute approximate surface area is 115 Å². The summed E-state index contributed by atoms with van der Waals surface area (Å²) in [5, 5.41) is 11.5. The molecule has 19 heavy (non-hydrogen) atoms. The number of allylic oxidation sites excluding steroid dienone is 2. The van der Waals surface area contributed by atoms with Crippen molar-refractivity contribution in [1.82, 2.24) is 5.32 Å². The summed E-state index contributed by atoms with van der Waals surface area (Å²) in [5.41, 5.74) is 1.67. The molecule has 0 aliphatic rings. The van der Waals surface area contributed by atoms with Crippen molar-refractivity contribution in [2.45, 2.75) is 66.0 Å². The lowest BCUT2D eigenvalue weighted by atomic mass is 10.0. The number of hydrogen-bond donors (Lipinski definition) is 2. The molecule has 0 aromatic rings. The number of carbonyl (C=O) groups is 2. The molecule has 0 saturated carbocycles. The minimum atomic E-state index is -1.05. The summed E-state index contributed by atoms with van der Waals surface area (Å²) in [4.78, 5) is 22.6. The van der Waals surface area contributed by atoms with E-state index in [9.17, 15) is 9.59 Å². The van der Waals surface area contributed by atoms with Crippen molar-refractivity contribution in [3.05, 3.63) is 11.1 Å². The summed E-state index contributed by atoms with van der Waals surface area (Å²) in [5.74, 6) is -1.05. The number of carboxylic acid groups (broad SMARTS) is 1. The average Bonchev–Trinajstić information content (AvgIpc) is 2.20. The van der Waals surface area contributed by atoms with E-state index in [2.05, 4.69) is 5.32 Å². The van der Waals surface area contributed by atoms with E-state index in [4.69, 9.17) is 9.84 Å². The van der Waals surface area contributed by atoms with E-state index < -0.39 is 23.7 Å². The van der Waals surface area contributed by atoms with Crippen LogP contribution < -0.4 is 5.32 Å². The van der Waals surface area contributed by atoms with Crippen LogP contribution in [0.1, 0.15) is 54.4 Å². The first-order valence-corrected chi connectivity index (χ1v) is 6.38. The lowest BCUT2D eigenvalue weighted by Crippen LogP contribution is -2.43. The number of alkyl carbamates (subject to hydrolysis) is 1. The number of nitrogens with one attached hydrogen (secondary N) is 1. The second-order valence-electron chi connectivity index (χ2n) is 5.86. The summed E-state index contributed by atoms with van der Waals surface area (Å²) in [7, 11) is 0. The predicted octanol–water partition coefficient (Wildman–Crippen LogP) is 3.10. The van der Waals surface area contributed by atoms with Gasteiger partial charge < -0.3 is 15.2 Å². The molecule has 0 bridgehead atoms.